The molecule has 0 bridgehead atoms. The number of hydrogen-bond donors (Lipinski definition) is 3. The molecule has 6 aromatic carbocycles. The number of carboxylic acid groups (broad SMARTS) is 3. The van der Waals surface area contributed by atoms with Crippen LogP contribution in [0.2, 0.25) is 0 Å². The van der Waals surface area contributed by atoms with E-state index in [0.29, 0.717) is 52.4 Å². The normalized spacial score (nSPS) is 11.4. The average Bonchev–Trinajstić information content (AvgIpc) is 3.17. The van der Waals surface area contributed by atoms with Gasteiger partial charge >= 0.3 is 17.9 Å². The SMILES string of the molecule is O=C(O)c1ccccc1N(c1ccccc1C(=O)O)c1ccc(I)cc1C(=O)O.O=c1c2cccc3c(=O)c4cc(I)cc5c(=O)c6cccc1c6n(c23)c45. The molecule has 0 amide bonds. The van der Waals surface area contributed by atoms with Crippen molar-refractivity contribution in [2.75, 3.05) is 4.90 Å². The zero-order valence-corrected chi connectivity index (χ0v) is 32.2. The fourth-order valence-electron chi connectivity index (χ4n) is 7.22. The maximum atomic E-state index is 13.1. The molecule has 0 aliphatic rings. The summed E-state index contributed by atoms with van der Waals surface area (Å²) in [6, 6.07) is 30.8. The number of aromatic carboxylic acids is 3. The number of benzene rings is 6. The fraction of sp³-hybridized carbons (Fsp3) is 0. The molecule has 3 aromatic heterocycles. The number of carbonyl (C=O) groups is 3. The zero-order chi connectivity index (χ0) is 38.9. The van der Waals surface area contributed by atoms with Gasteiger partial charge in [0.2, 0.25) is 0 Å². The lowest BCUT2D eigenvalue weighted by atomic mass is 9.98. The molecule has 9 aromatic rings. The molecule has 0 aliphatic carbocycles. The van der Waals surface area contributed by atoms with E-state index in [0.717, 1.165) is 3.57 Å². The largest absolute Gasteiger partial charge is 0.478 e. The van der Waals surface area contributed by atoms with Crippen LogP contribution in [0.4, 0.5) is 17.1 Å². The fourth-order valence-corrected chi connectivity index (χ4v) is 8.34. The smallest absolute Gasteiger partial charge is 0.337 e. The Morgan fingerprint density at radius 3 is 1.25 bits per heavy atom. The second-order valence-electron chi connectivity index (χ2n) is 12.5. The van der Waals surface area contributed by atoms with E-state index in [4.69, 9.17) is 0 Å². The number of rotatable bonds is 6. The van der Waals surface area contributed by atoms with E-state index >= 15 is 0 Å². The molecule has 55 heavy (non-hydrogen) atoms. The lowest BCUT2D eigenvalue weighted by Gasteiger charge is -2.29. The highest BCUT2D eigenvalue weighted by Gasteiger charge is 2.27. The van der Waals surface area contributed by atoms with E-state index in [9.17, 15) is 44.1 Å². The lowest BCUT2D eigenvalue weighted by Crippen LogP contribution is -2.19. The van der Waals surface area contributed by atoms with Crippen molar-refractivity contribution < 1.29 is 29.7 Å². The Hall–Kier alpha value is -6.20. The maximum Gasteiger partial charge on any atom is 0.337 e. The topological polar surface area (TPSA) is 171 Å². The van der Waals surface area contributed by atoms with Gasteiger partial charge in [-0.15, -0.1) is 0 Å². The first-order valence-corrected chi connectivity index (χ1v) is 18.6. The summed E-state index contributed by atoms with van der Waals surface area (Å²) < 4.78 is 3.45. The number of hydrogen-bond acceptors (Lipinski definition) is 7. The Morgan fingerprint density at radius 1 is 0.436 bits per heavy atom. The summed E-state index contributed by atoms with van der Waals surface area (Å²) in [7, 11) is 0. The molecule has 0 saturated heterocycles. The lowest BCUT2D eigenvalue weighted by molar-refractivity contribution is 0.0688. The summed E-state index contributed by atoms with van der Waals surface area (Å²) in [5.74, 6) is -3.66. The highest BCUT2D eigenvalue weighted by atomic mass is 127. The Labute approximate surface area is 335 Å². The van der Waals surface area contributed by atoms with Gasteiger partial charge in [-0.1, -0.05) is 36.4 Å². The van der Waals surface area contributed by atoms with Gasteiger partial charge in [0.15, 0.2) is 16.3 Å². The van der Waals surface area contributed by atoms with E-state index in [2.05, 4.69) is 22.6 Å². The van der Waals surface area contributed by atoms with Crippen LogP contribution < -0.4 is 21.2 Å². The second kappa shape index (κ2) is 13.6. The highest BCUT2D eigenvalue weighted by molar-refractivity contribution is 14.1. The van der Waals surface area contributed by atoms with E-state index in [1.54, 1.807) is 66.7 Å². The van der Waals surface area contributed by atoms with Crippen LogP contribution in [-0.2, 0) is 0 Å². The van der Waals surface area contributed by atoms with Crippen LogP contribution in [0.25, 0.3) is 48.9 Å². The van der Waals surface area contributed by atoms with Crippen LogP contribution in [0.5, 0.6) is 0 Å². The van der Waals surface area contributed by atoms with Gasteiger partial charge in [-0.05, 0) is 124 Å². The number of carboxylic acids is 3. The Bertz CT molecular complexity index is 3080. The maximum absolute atomic E-state index is 13.1. The molecule has 3 heterocycles. The average molecular weight is 952 g/mol. The van der Waals surface area contributed by atoms with Gasteiger partial charge in [0.25, 0.3) is 0 Å². The summed E-state index contributed by atoms with van der Waals surface area (Å²) in [4.78, 5) is 76.2. The van der Waals surface area contributed by atoms with Gasteiger partial charge in [-0.2, -0.15) is 0 Å². The summed E-state index contributed by atoms with van der Waals surface area (Å²) in [5.41, 5.74) is 1.56. The molecule has 268 valence electrons. The van der Waals surface area contributed by atoms with Crippen molar-refractivity contribution >= 4 is 129 Å². The number of anilines is 3. The summed E-state index contributed by atoms with van der Waals surface area (Å²) >= 11 is 4.10. The molecule has 0 unspecified atom stereocenters. The predicted molar refractivity (Wildman–Crippen MR) is 227 cm³/mol. The Morgan fingerprint density at radius 2 is 0.818 bits per heavy atom. The number of para-hydroxylation sites is 4. The minimum absolute atomic E-state index is 0.0858. The Kier molecular flexibility index (Phi) is 8.84. The molecule has 13 heteroatoms. The van der Waals surface area contributed by atoms with Crippen LogP contribution >= 0.6 is 45.2 Å². The first-order chi connectivity index (χ1) is 26.4. The standard InChI is InChI=1S/C21H14INO6.C21H8INO3/c22-12-9-10-18(15(11-12)21(28)29)23(16-7-3-1-5-13(16)19(24)25)17-8-4-2-6-14(17)20(26)27;22-9-7-14-18-15(8-9)21(26)13-6-2-4-11-17(13)23(18)16-10(19(11)24)3-1-5-12(16)20(14)25/h1-11H,(H,24,25)(H,26,27)(H,28,29);1-8H. The first-order valence-electron chi connectivity index (χ1n) is 16.4. The third kappa shape index (κ3) is 5.69. The minimum Gasteiger partial charge on any atom is -0.478 e. The van der Waals surface area contributed by atoms with Gasteiger partial charge < -0.3 is 24.6 Å². The van der Waals surface area contributed by atoms with Gasteiger partial charge in [-0.3, -0.25) is 14.4 Å². The second-order valence-corrected chi connectivity index (χ2v) is 15.0. The van der Waals surface area contributed by atoms with E-state index in [1.165, 1.54) is 41.3 Å². The zero-order valence-electron chi connectivity index (χ0n) is 27.9. The summed E-state index contributed by atoms with van der Waals surface area (Å²) in [6.45, 7) is 0. The molecule has 0 radical (unpaired) electrons. The predicted octanol–water partition coefficient (Wildman–Crippen LogP) is 8.41. The van der Waals surface area contributed by atoms with Crippen LogP contribution in [0.15, 0.2) is 130 Å². The van der Waals surface area contributed by atoms with Crippen molar-refractivity contribution in [2.24, 2.45) is 0 Å². The summed E-state index contributed by atoms with van der Waals surface area (Å²) in [6.07, 6.45) is 0. The van der Waals surface area contributed by atoms with Gasteiger partial charge in [-0.25, -0.2) is 14.4 Å². The van der Waals surface area contributed by atoms with Gasteiger partial charge in [0, 0.05) is 39.5 Å². The van der Waals surface area contributed by atoms with E-state index < -0.39 is 17.9 Å². The van der Waals surface area contributed by atoms with E-state index in [-0.39, 0.29) is 50.0 Å². The molecule has 11 nitrogen and oxygen atoms in total. The molecule has 0 spiro atoms. The van der Waals surface area contributed by atoms with Gasteiger partial charge in [0.05, 0.1) is 50.3 Å². The molecular weight excluding hydrogens is 930 g/mol. The molecule has 9 rings (SSSR count). The molecule has 0 atom stereocenters. The molecule has 0 saturated carbocycles. The van der Waals surface area contributed by atoms with E-state index in [1.807, 2.05) is 39.1 Å². The van der Waals surface area contributed by atoms with Crippen LogP contribution in [0.1, 0.15) is 31.1 Å². The van der Waals surface area contributed by atoms with Crippen LogP contribution in [0.3, 0.4) is 0 Å². The number of halogens is 2. The van der Waals surface area contributed by atoms with Crippen LogP contribution in [0, 0.1) is 7.14 Å². The van der Waals surface area contributed by atoms with Crippen molar-refractivity contribution in [1.29, 1.82) is 0 Å². The first kappa shape index (κ1) is 35.8. The molecular formula is C42H22I2N2O9. The van der Waals surface area contributed by atoms with Crippen molar-refractivity contribution in [2.45, 2.75) is 0 Å². The number of aromatic nitrogens is 1. The summed E-state index contributed by atoms with van der Waals surface area (Å²) in [5, 5.41) is 32.1. The Balaban J connectivity index is 0.000000156. The highest BCUT2D eigenvalue weighted by Crippen LogP contribution is 2.41. The van der Waals surface area contributed by atoms with Crippen LogP contribution in [-0.4, -0.2) is 37.6 Å². The van der Waals surface area contributed by atoms with Crippen molar-refractivity contribution in [3.8, 4) is 0 Å². The van der Waals surface area contributed by atoms with Crippen molar-refractivity contribution in [1.82, 2.24) is 4.40 Å². The minimum atomic E-state index is -1.22. The third-order valence-corrected chi connectivity index (χ3v) is 10.8. The van der Waals surface area contributed by atoms with Crippen molar-refractivity contribution in [3.05, 3.63) is 170 Å². The third-order valence-electron chi connectivity index (χ3n) is 9.47. The number of pyridine rings is 3. The molecule has 0 fully saturated rings. The van der Waals surface area contributed by atoms with Gasteiger partial charge in [0.1, 0.15) is 0 Å². The number of nitrogens with zero attached hydrogens (tertiary/aromatic N) is 2. The molecule has 3 N–H and O–H groups in total. The molecule has 0 aliphatic heterocycles. The monoisotopic (exact) mass is 952 g/mol. The quantitative estimate of drug-likeness (QED) is 0.0836. The van der Waals surface area contributed by atoms with Crippen molar-refractivity contribution in [3.63, 3.8) is 0 Å².